The first-order valence-corrected chi connectivity index (χ1v) is 10.2. The van der Waals surface area contributed by atoms with Gasteiger partial charge in [0.1, 0.15) is 29.9 Å². The van der Waals surface area contributed by atoms with Crippen LogP contribution < -0.4 is 9.64 Å². The molecule has 0 saturated heterocycles. The summed E-state index contributed by atoms with van der Waals surface area (Å²) in [5.74, 6) is 1.07. The van der Waals surface area contributed by atoms with E-state index >= 15 is 0 Å². The van der Waals surface area contributed by atoms with Gasteiger partial charge in [-0.05, 0) is 54.1 Å². The zero-order valence-corrected chi connectivity index (χ0v) is 17.5. The molecule has 0 fully saturated rings. The molecular weight excluding hydrogens is 397 g/mol. The number of ether oxygens (including phenoxy) is 1. The average molecular weight is 422 g/mol. The molecule has 160 valence electrons. The molecule has 31 heavy (non-hydrogen) atoms. The van der Waals surface area contributed by atoms with Crippen LogP contribution in [0.1, 0.15) is 29.3 Å². The van der Waals surface area contributed by atoms with Gasteiger partial charge in [0.15, 0.2) is 6.54 Å². The molecule has 0 spiro atoms. The third kappa shape index (κ3) is 4.83. The Kier molecular flexibility index (Phi) is 6.13. The predicted octanol–water partition coefficient (Wildman–Crippen LogP) is 2.82. The number of nitrogens with zero attached hydrogens (tertiary/aromatic N) is 2. The summed E-state index contributed by atoms with van der Waals surface area (Å²) in [5.41, 5.74) is 2.60. The maximum absolute atomic E-state index is 13.5. The van der Waals surface area contributed by atoms with E-state index in [1.807, 2.05) is 49.5 Å². The van der Waals surface area contributed by atoms with Gasteiger partial charge in [-0.3, -0.25) is 4.79 Å². The van der Waals surface area contributed by atoms with Gasteiger partial charge in [0.2, 0.25) is 0 Å². The number of carbonyl (C=O) groups is 1. The van der Waals surface area contributed by atoms with Crippen LogP contribution >= 0.6 is 0 Å². The predicted molar refractivity (Wildman–Crippen MR) is 114 cm³/mol. The third-order valence-electron chi connectivity index (χ3n) is 5.31. The fraction of sp³-hybridized carbons (Fsp3) is 0.250. The first-order valence-electron chi connectivity index (χ1n) is 10.2. The summed E-state index contributed by atoms with van der Waals surface area (Å²) in [6, 6.07) is 17.5. The summed E-state index contributed by atoms with van der Waals surface area (Å²) in [4.78, 5) is 14.1. The van der Waals surface area contributed by atoms with E-state index in [2.05, 4.69) is 5.10 Å². The van der Waals surface area contributed by atoms with Crippen molar-refractivity contribution in [2.75, 3.05) is 20.7 Å². The first-order chi connectivity index (χ1) is 15.0. The lowest BCUT2D eigenvalue weighted by Crippen LogP contribution is -3.08. The van der Waals surface area contributed by atoms with E-state index in [-0.39, 0.29) is 24.3 Å². The van der Waals surface area contributed by atoms with Crippen LogP contribution in [0.15, 0.2) is 76.4 Å². The highest BCUT2D eigenvalue weighted by Gasteiger charge is 2.36. The van der Waals surface area contributed by atoms with Gasteiger partial charge in [0.05, 0.1) is 26.1 Å². The number of carbonyl (C=O) groups excluding carboxylic acids is 1. The maximum atomic E-state index is 13.5. The zero-order valence-electron chi connectivity index (χ0n) is 17.5. The summed E-state index contributed by atoms with van der Waals surface area (Å²) in [6.45, 7) is 0.769. The molecule has 1 unspecified atom stereocenters. The zero-order chi connectivity index (χ0) is 21.8. The monoisotopic (exact) mass is 422 g/mol. The van der Waals surface area contributed by atoms with Crippen LogP contribution in [0.5, 0.6) is 5.75 Å². The molecule has 0 bridgehead atoms. The minimum Gasteiger partial charge on any atom is -0.497 e. The molecule has 1 aliphatic rings. The number of rotatable bonds is 7. The van der Waals surface area contributed by atoms with Crippen molar-refractivity contribution in [2.24, 2.45) is 5.10 Å². The number of halogens is 1. The number of furan rings is 1. The van der Waals surface area contributed by atoms with Gasteiger partial charge in [0.25, 0.3) is 5.91 Å². The number of amides is 1. The lowest BCUT2D eigenvalue weighted by Gasteiger charge is -2.21. The second kappa shape index (κ2) is 9.14. The lowest BCUT2D eigenvalue weighted by atomic mass is 10.0. The van der Waals surface area contributed by atoms with E-state index in [1.165, 1.54) is 17.1 Å². The number of likely N-dealkylation sites (N-methyl/N-ethyl adjacent to an activating group) is 1. The first kappa shape index (κ1) is 20.8. The minimum absolute atomic E-state index is 0.112. The molecule has 2 heterocycles. The Bertz CT molecular complexity index is 1060. The Labute approximate surface area is 180 Å². The van der Waals surface area contributed by atoms with E-state index in [0.29, 0.717) is 18.7 Å². The molecule has 2 aromatic carbocycles. The molecule has 1 aromatic heterocycles. The van der Waals surface area contributed by atoms with E-state index in [0.717, 1.165) is 27.5 Å². The summed E-state index contributed by atoms with van der Waals surface area (Å²) >= 11 is 0. The van der Waals surface area contributed by atoms with Crippen LogP contribution in [-0.4, -0.2) is 37.3 Å². The van der Waals surface area contributed by atoms with Gasteiger partial charge >= 0.3 is 0 Å². The summed E-state index contributed by atoms with van der Waals surface area (Å²) in [6.07, 6.45) is 2.17. The highest BCUT2D eigenvalue weighted by atomic mass is 19.1. The number of benzene rings is 2. The highest BCUT2D eigenvalue weighted by Crippen LogP contribution is 2.33. The van der Waals surface area contributed by atoms with Crippen LogP contribution in [0.2, 0.25) is 0 Å². The third-order valence-corrected chi connectivity index (χ3v) is 5.31. The fourth-order valence-corrected chi connectivity index (χ4v) is 3.80. The molecular formula is C24H25FN3O3+. The molecule has 4 rings (SSSR count). The van der Waals surface area contributed by atoms with Crippen LogP contribution in [0.25, 0.3) is 0 Å². The fourth-order valence-electron chi connectivity index (χ4n) is 3.80. The minimum atomic E-state index is -0.290. The molecule has 0 radical (unpaired) electrons. The van der Waals surface area contributed by atoms with Gasteiger partial charge in [-0.15, -0.1) is 0 Å². The highest BCUT2D eigenvalue weighted by molar-refractivity contribution is 6.03. The molecule has 1 amide bonds. The number of methoxy groups -OCH3 is 1. The summed E-state index contributed by atoms with van der Waals surface area (Å²) < 4.78 is 24.3. The van der Waals surface area contributed by atoms with Gasteiger partial charge in [-0.1, -0.05) is 12.1 Å². The lowest BCUT2D eigenvalue weighted by molar-refractivity contribution is -0.885. The number of hydrogen-bond donors (Lipinski definition) is 1. The van der Waals surface area contributed by atoms with Crippen molar-refractivity contribution in [2.45, 2.75) is 19.0 Å². The Balaban J connectivity index is 1.51. The average Bonchev–Trinajstić information content (AvgIpc) is 3.43. The SMILES string of the molecule is COc1ccc(C2=NN(C(=O)C[NH+](C)Cc3cccc(F)c3)[C@@H](c3ccco3)C2)cc1. The van der Waals surface area contributed by atoms with Crippen molar-refractivity contribution < 1.29 is 23.2 Å². The number of nitrogens with one attached hydrogen (secondary N) is 1. The Hall–Kier alpha value is -3.45. The number of quaternary nitrogens is 1. The van der Waals surface area contributed by atoms with Crippen molar-refractivity contribution in [3.05, 3.63) is 89.6 Å². The topological polar surface area (TPSA) is 59.5 Å². The number of hydrazone groups is 1. The quantitative estimate of drug-likeness (QED) is 0.637. The molecule has 1 aliphatic heterocycles. The van der Waals surface area contributed by atoms with Crippen molar-refractivity contribution in [1.82, 2.24) is 5.01 Å². The van der Waals surface area contributed by atoms with Crippen molar-refractivity contribution in [1.29, 1.82) is 0 Å². The van der Waals surface area contributed by atoms with Gasteiger partial charge in [0, 0.05) is 12.0 Å². The van der Waals surface area contributed by atoms with E-state index in [4.69, 9.17) is 9.15 Å². The molecule has 2 atom stereocenters. The van der Waals surface area contributed by atoms with E-state index in [1.54, 1.807) is 19.4 Å². The molecule has 0 aliphatic carbocycles. The molecule has 3 aromatic rings. The second-order valence-electron chi connectivity index (χ2n) is 7.69. The maximum Gasteiger partial charge on any atom is 0.298 e. The van der Waals surface area contributed by atoms with E-state index in [9.17, 15) is 9.18 Å². The van der Waals surface area contributed by atoms with Crippen LogP contribution in [0, 0.1) is 5.82 Å². The Morgan fingerprint density at radius 2 is 2.03 bits per heavy atom. The largest absolute Gasteiger partial charge is 0.497 e. The van der Waals surface area contributed by atoms with Crippen molar-refractivity contribution in [3.8, 4) is 5.75 Å². The van der Waals surface area contributed by atoms with Crippen molar-refractivity contribution in [3.63, 3.8) is 0 Å². The van der Waals surface area contributed by atoms with E-state index < -0.39 is 0 Å². The van der Waals surface area contributed by atoms with Gasteiger partial charge < -0.3 is 14.1 Å². The Morgan fingerprint density at radius 1 is 1.23 bits per heavy atom. The molecule has 0 saturated carbocycles. The van der Waals surface area contributed by atoms with Gasteiger partial charge in [-0.2, -0.15) is 5.10 Å². The second-order valence-corrected chi connectivity index (χ2v) is 7.69. The van der Waals surface area contributed by atoms with Crippen LogP contribution in [0.3, 0.4) is 0 Å². The van der Waals surface area contributed by atoms with Crippen molar-refractivity contribution >= 4 is 11.6 Å². The molecule has 6 nitrogen and oxygen atoms in total. The number of hydrogen-bond acceptors (Lipinski definition) is 4. The van der Waals surface area contributed by atoms with Gasteiger partial charge in [-0.25, -0.2) is 9.40 Å². The molecule has 7 heteroatoms. The standard InChI is InChI=1S/C24H24FN3O3/c1-27(15-17-5-3-6-19(25)13-17)16-24(29)28-22(23-7-4-12-31-23)14-21(26-28)18-8-10-20(30-2)11-9-18/h3-13,22H,14-16H2,1-2H3/p+1/t22-/m1/s1. The Morgan fingerprint density at radius 3 is 2.71 bits per heavy atom. The molecule has 1 N–H and O–H groups in total. The summed E-state index contributed by atoms with van der Waals surface area (Å²) in [5, 5.41) is 6.17. The smallest absolute Gasteiger partial charge is 0.298 e. The normalized spacial score (nSPS) is 16.8. The van der Waals surface area contributed by atoms with Crippen LogP contribution in [-0.2, 0) is 11.3 Å². The summed E-state index contributed by atoms with van der Waals surface area (Å²) in [7, 11) is 3.53. The van der Waals surface area contributed by atoms with Crippen LogP contribution in [0.4, 0.5) is 4.39 Å².